The van der Waals surface area contributed by atoms with Crippen molar-refractivity contribution >= 4 is 30.9 Å². The summed E-state index contributed by atoms with van der Waals surface area (Å²) < 4.78 is 39.1. The van der Waals surface area contributed by atoms with Crippen molar-refractivity contribution < 1.29 is 27.8 Å². The minimum absolute atomic E-state index is 0.0402. The van der Waals surface area contributed by atoms with E-state index in [9.17, 15) is 18.4 Å². The number of anilines is 1. The van der Waals surface area contributed by atoms with E-state index >= 15 is 0 Å². The first-order valence-electron chi connectivity index (χ1n) is 9.99. The second-order valence-electron chi connectivity index (χ2n) is 8.19. The van der Waals surface area contributed by atoms with Gasteiger partial charge in [0.05, 0.1) is 14.7 Å². The fourth-order valence-corrected chi connectivity index (χ4v) is 4.72. The Balaban J connectivity index is 2.31. The van der Waals surface area contributed by atoms with Gasteiger partial charge in [0.2, 0.25) is 0 Å². The Labute approximate surface area is 187 Å². The zero-order valence-electron chi connectivity index (χ0n) is 18.6. The highest BCUT2D eigenvalue weighted by Crippen LogP contribution is 2.20. The number of nitrogens with one attached hydrogen (secondary N) is 2. The van der Waals surface area contributed by atoms with E-state index < -0.39 is 37.8 Å². The normalized spacial score (nSPS) is 12.1. The Bertz CT molecular complexity index is 952. The van der Waals surface area contributed by atoms with Crippen molar-refractivity contribution in [2.75, 3.05) is 19.0 Å². The van der Waals surface area contributed by atoms with Crippen LogP contribution in [0.3, 0.4) is 0 Å². The van der Waals surface area contributed by atoms with Gasteiger partial charge < -0.3 is 20.1 Å². The maximum absolute atomic E-state index is 14.6. The number of halogens is 2. The number of carbonyl (C=O) groups is 2. The molecular weight excluding hydrogens is 434 g/mol. The Morgan fingerprint density at radius 2 is 1.72 bits per heavy atom. The highest BCUT2D eigenvalue weighted by Gasteiger charge is 2.28. The number of rotatable bonds is 9. The number of ether oxygens (including phenoxy) is 2. The third-order valence-corrected chi connectivity index (χ3v) is 6.52. The average molecular weight is 463 g/mol. The molecule has 32 heavy (non-hydrogen) atoms. The van der Waals surface area contributed by atoms with E-state index in [2.05, 4.69) is 17.2 Å². The molecule has 1 unspecified atom stereocenters. The van der Waals surface area contributed by atoms with E-state index in [1.54, 1.807) is 31.4 Å². The van der Waals surface area contributed by atoms with Crippen LogP contribution in [0, 0.1) is 11.6 Å². The molecule has 0 bridgehead atoms. The number of benzene rings is 2. The van der Waals surface area contributed by atoms with E-state index in [0.717, 1.165) is 17.7 Å². The van der Waals surface area contributed by atoms with Crippen LogP contribution in [-0.2, 0) is 20.9 Å². The van der Waals surface area contributed by atoms with Crippen LogP contribution in [0.2, 0.25) is 19.6 Å². The molecule has 2 rings (SSSR count). The van der Waals surface area contributed by atoms with Gasteiger partial charge in [-0.25, -0.2) is 13.6 Å². The number of carbonyl (C=O) groups excluding carboxylic acids is 2. The third-order valence-electron chi connectivity index (χ3n) is 4.54. The van der Waals surface area contributed by atoms with Crippen molar-refractivity contribution in [2.45, 2.75) is 32.3 Å². The topological polar surface area (TPSA) is 76.7 Å². The zero-order chi connectivity index (χ0) is 23.9. The van der Waals surface area contributed by atoms with Crippen molar-refractivity contribution in [1.29, 1.82) is 0 Å². The smallest absolute Gasteiger partial charge is 0.408 e. The molecule has 0 saturated carbocycles. The predicted octanol–water partition coefficient (Wildman–Crippen LogP) is 4.25. The van der Waals surface area contributed by atoms with Gasteiger partial charge in [0.25, 0.3) is 5.91 Å². The fraction of sp³-hybridized carbons (Fsp3) is 0.304. The highest BCUT2D eigenvalue weighted by molar-refractivity contribution is 6.88. The largest absolute Gasteiger partial charge is 0.445 e. The molecular formula is C23H28F2N2O4Si. The summed E-state index contributed by atoms with van der Waals surface area (Å²) in [5.74, 6) is -2.10. The Morgan fingerprint density at radius 1 is 1.12 bits per heavy atom. The van der Waals surface area contributed by atoms with Crippen LogP contribution in [0.4, 0.5) is 19.3 Å². The van der Waals surface area contributed by atoms with Gasteiger partial charge in [-0.1, -0.05) is 56.6 Å². The molecule has 2 aromatic rings. The van der Waals surface area contributed by atoms with Crippen LogP contribution in [0.5, 0.6) is 0 Å². The summed E-state index contributed by atoms with van der Waals surface area (Å²) in [6.45, 7) is 9.29. The molecule has 0 radical (unpaired) electrons. The summed E-state index contributed by atoms with van der Waals surface area (Å²) in [4.78, 5) is 25.1. The first kappa shape index (κ1) is 25.2. The third kappa shape index (κ3) is 6.73. The number of alkyl carbamates (subject to hydrolysis) is 1. The molecule has 0 spiro atoms. The van der Waals surface area contributed by atoms with Gasteiger partial charge in [0.15, 0.2) is 0 Å². The Hall–Kier alpha value is -3.04. The minimum Gasteiger partial charge on any atom is -0.445 e. The quantitative estimate of drug-likeness (QED) is 0.432. The van der Waals surface area contributed by atoms with E-state index in [1.807, 2.05) is 19.6 Å². The standard InChI is InChI=1S/C23H28F2N2O4Si/c1-6-11-31-23(29)27-20(16-9-7-15(8-10-16)14-30-2)22(28)26-17-12-18(24)21(19(25)13-17)32(3,4)5/h6-10,12-13,20H,1,11,14H2,2-5H3,(H,26,28)(H,27,29). The summed E-state index contributed by atoms with van der Waals surface area (Å²) in [7, 11) is -0.699. The molecule has 0 aliphatic carbocycles. The average Bonchev–Trinajstić information content (AvgIpc) is 2.69. The number of hydrogen-bond acceptors (Lipinski definition) is 4. The summed E-state index contributed by atoms with van der Waals surface area (Å²) in [6.07, 6.45) is 0.553. The first-order valence-corrected chi connectivity index (χ1v) is 13.5. The second kappa shape index (κ2) is 11.0. The van der Waals surface area contributed by atoms with Crippen LogP contribution in [0.15, 0.2) is 49.1 Å². The summed E-state index contributed by atoms with van der Waals surface area (Å²) in [5.41, 5.74) is 1.28. The van der Waals surface area contributed by atoms with Crippen molar-refractivity contribution in [3.8, 4) is 0 Å². The number of hydrogen-bond donors (Lipinski definition) is 2. The van der Waals surface area contributed by atoms with E-state index in [1.165, 1.54) is 6.08 Å². The summed E-state index contributed by atoms with van der Waals surface area (Å²) in [5, 5.41) is 5.02. The molecule has 1 atom stereocenters. The van der Waals surface area contributed by atoms with Crippen LogP contribution in [0.1, 0.15) is 17.2 Å². The molecule has 0 aliphatic rings. The lowest BCUT2D eigenvalue weighted by atomic mass is 10.0. The minimum atomic E-state index is -2.26. The maximum atomic E-state index is 14.6. The van der Waals surface area contributed by atoms with Gasteiger partial charge in [-0.15, -0.1) is 0 Å². The van der Waals surface area contributed by atoms with E-state index in [4.69, 9.17) is 9.47 Å². The second-order valence-corrected chi connectivity index (χ2v) is 13.2. The lowest BCUT2D eigenvalue weighted by Gasteiger charge is -2.21. The molecule has 2 aromatic carbocycles. The molecule has 172 valence electrons. The van der Waals surface area contributed by atoms with Gasteiger partial charge in [0.1, 0.15) is 24.3 Å². The molecule has 0 aromatic heterocycles. The van der Waals surface area contributed by atoms with Crippen molar-refractivity contribution in [1.82, 2.24) is 5.32 Å². The maximum Gasteiger partial charge on any atom is 0.408 e. The predicted molar refractivity (Wildman–Crippen MR) is 123 cm³/mol. The lowest BCUT2D eigenvalue weighted by molar-refractivity contribution is -0.118. The summed E-state index contributed by atoms with van der Waals surface area (Å²) in [6, 6.07) is 7.82. The van der Waals surface area contributed by atoms with Crippen LogP contribution >= 0.6 is 0 Å². The SMILES string of the molecule is C=CCOC(=O)NC(C(=O)Nc1cc(F)c([Si](C)(C)C)c(F)c1)c1ccc(COC)cc1. The molecule has 2 amide bonds. The fourth-order valence-electron chi connectivity index (χ4n) is 3.14. The zero-order valence-corrected chi connectivity index (χ0v) is 19.6. The van der Waals surface area contributed by atoms with Crippen molar-refractivity contribution in [3.63, 3.8) is 0 Å². The van der Waals surface area contributed by atoms with Crippen LogP contribution < -0.4 is 15.8 Å². The molecule has 2 N–H and O–H groups in total. The molecule has 0 aliphatic heterocycles. The molecule has 0 fully saturated rings. The molecule has 0 heterocycles. The van der Waals surface area contributed by atoms with Crippen LogP contribution in [-0.4, -0.2) is 33.8 Å². The van der Waals surface area contributed by atoms with Gasteiger partial charge in [0, 0.05) is 18.0 Å². The molecule has 6 nitrogen and oxygen atoms in total. The van der Waals surface area contributed by atoms with Gasteiger partial charge in [-0.3, -0.25) is 4.79 Å². The van der Waals surface area contributed by atoms with Gasteiger partial charge in [-0.2, -0.15) is 0 Å². The lowest BCUT2D eigenvalue weighted by Crippen LogP contribution is -2.42. The summed E-state index contributed by atoms with van der Waals surface area (Å²) >= 11 is 0. The molecule has 0 saturated heterocycles. The Morgan fingerprint density at radius 3 is 2.22 bits per heavy atom. The van der Waals surface area contributed by atoms with Crippen molar-refractivity contribution in [3.05, 3.63) is 71.8 Å². The van der Waals surface area contributed by atoms with Crippen molar-refractivity contribution in [2.24, 2.45) is 0 Å². The monoisotopic (exact) mass is 462 g/mol. The first-order chi connectivity index (χ1) is 15.1. The van der Waals surface area contributed by atoms with E-state index in [0.29, 0.717) is 12.2 Å². The number of amides is 2. The van der Waals surface area contributed by atoms with Crippen LogP contribution in [0.25, 0.3) is 0 Å². The Kier molecular flexibility index (Phi) is 8.68. The highest BCUT2D eigenvalue weighted by atomic mass is 28.3. The molecule has 9 heteroatoms. The van der Waals surface area contributed by atoms with E-state index in [-0.39, 0.29) is 17.5 Å². The van der Waals surface area contributed by atoms with Gasteiger partial charge >= 0.3 is 6.09 Å². The number of methoxy groups -OCH3 is 1. The van der Waals surface area contributed by atoms with Gasteiger partial charge in [-0.05, 0) is 23.3 Å².